The normalized spacial score (nSPS) is 16.3. The first-order valence-corrected chi connectivity index (χ1v) is 8.10. The monoisotopic (exact) mass is 313 g/mol. The van der Waals surface area contributed by atoms with Crippen LogP contribution in [-0.4, -0.2) is 22.6 Å². The fourth-order valence-corrected chi connectivity index (χ4v) is 3.20. The number of hydrogen-bond donors (Lipinski definition) is 1. The summed E-state index contributed by atoms with van der Waals surface area (Å²) in [7, 11) is 3.59. The van der Waals surface area contributed by atoms with Crippen molar-refractivity contribution in [3.8, 4) is 5.75 Å². The van der Waals surface area contributed by atoms with Gasteiger partial charge in [0.25, 0.3) is 0 Å². The molecule has 1 aromatic carbocycles. The number of carbonyl (C=O) groups excluding carboxylic acids is 1. The van der Waals surface area contributed by atoms with Crippen molar-refractivity contribution in [2.45, 2.75) is 31.7 Å². The minimum absolute atomic E-state index is 0.131. The van der Waals surface area contributed by atoms with Crippen molar-refractivity contribution in [3.63, 3.8) is 0 Å². The van der Waals surface area contributed by atoms with Crippen LogP contribution >= 0.6 is 0 Å². The maximum Gasteiger partial charge on any atom is 0.223 e. The first-order chi connectivity index (χ1) is 11.2. The van der Waals surface area contributed by atoms with Gasteiger partial charge < -0.3 is 14.6 Å². The number of methoxy groups -OCH3 is 1. The Hall–Kier alpha value is -2.30. The first-order valence-electron chi connectivity index (χ1n) is 8.10. The quantitative estimate of drug-likeness (QED) is 0.923. The Morgan fingerprint density at radius 1 is 1.30 bits per heavy atom. The molecule has 5 nitrogen and oxygen atoms in total. The van der Waals surface area contributed by atoms with Crippen molar-refractivity contribution in [3.05, 3.63) is 48.0 Å². The summed E-state index contributed by atoms with van der Waals surface area (Å²) in [5.74, 6) is 1.90. The van der Waals surface area contributed by atoms with E-state index >= 15 is 0 Å². The Morgan fingerprint density at radius 2 is 2.00 bits per heavy atom. The lowest BCUT2D eigenvalue weighted by Crippen LogP contribution is -2.34. The molecule has 1 aliphatic rings. The van der Waals surface area contributed by atoms with Crippen LogP contribution in [-0.2, 0) is 11.8 Å². The molecule has 0 saturated heterocycles. The fraction of sp³-hybridized carbons (Fsp3) is 0.444. The molecule has 23 heavy (non-hydrogen) atoms. The second-order valence-electron chi connectivity index (χ2n) is 6.09. The molecular weight excluding hydrogens is 290 g/mol. The van der Waals surface area contributed by atoms with Crippen molar-refractivity contribution in [1.82, 2.24) is 14.9 Å². The molecular formula is C18H23N3O2. The van der Waals surface area contributed by atoms with Crippen molar-refractivity contribution in [2.24, 2.45) is 13.0 Å². The lowest BCUT2D eigenvalue weighted by Gasteiger charge is -2.21. The molecule has 3 rings (SSSR count). The average Bonchev–Trinajstić information content (AvgIpc) is 3.24. The van der Waals surface area contributed by atoms with Crippen molar-refractivity contribution >= 4 is 5.91 Å². The van der Waals surface area contributed by atoms with Gasteiger partial charge in [-0.25, -0.2) is 4.98 Å². The lowest BCUT2D eigenvalue weighted by atomic mass is 10.0. The molecule has 1 heterocycles. The van der Waals surface area contributed by atoms with Gasteiger partial charge in [-0.15, -0.1) is 0 Å². The van der Waals surface area contributed by atoms with Crippen LogP contribution in [0.2, 0.25) is 0 Å². The van der Waals surface area contributed by atoms with Gasteiger partial charge in [-0.3, -0.25) is 4.79 Å². The molecule has 1 aliphatic carbocycles. The summed E-state index contributed by atoms with van der Waals surface area (Å²) in [6, 6.07) is 7.54. The highest BCUT2D eigenvalue weighted by Gasteiger charge is 2.27. The van der Waals surface area contributed by atoms with E-state index in [4.69, 9.17) is 4.74 Å². The van der Waals surface area contributed by atoms with E-state index in [-0.39, 0.29) is 17.9 Å². The largest absolute Gasteiger partial charge is 0.497 e. The predicted octanol–water partition coefficient (Wildman–Crippen LogP) is 2.82. The molecule has 1 amide bonds. The van der Waals surface area contributed by atoms with Crippen LogP contribution in [0, 0.1) is 5.92 Å². The zero-order valence-electron chi connectivity index (χ0n) is 13.7. The molecule has 1 fully saturated rings. The van der Waals surface area contributed by atoms with Crippen LogP contribution in [0.5, 0.6) is 5.75 Å². The van der Waals surface area contributed by atoms with Gasteiger partial charge in [0.1, 0.15) is 17.6 Å². The smallest absolute Gasteiger partial charge is 0.223 e. The summed E-state index contributed by atoms with van der Waals surface area (Å²) in [4.78, 5) is 17.0. The van der Waals surface area contributed by atoms with Crippen molar-refractivity contribution < 1.29 is 9.53 Å². The molecule has 1 aromatic heterocycles. The molecule has 122 valence electrons. The molecule has 5 heteroatoms. The predicted molar refractivity (Wildman–Crippen MR) is 88.1 cm³/mol. The molecule has 2 aromatic rings. The molecule has 0 radical (unpaired) electrons. The molecule has 0 unspecified atom stereocenters. The third kappa shape index (κ3) is 3.38. The lowest BCUT2D eigenvalue weighted by molar-refractivity contribution is -0.125. The zero-order chi connectivity index (χ0) is 16.2. The van der Waals surface area contributed by atoms with Gasteiger partial charge in [0.15, 0.2) is 0 Å². The van der Waals surface area contributed by atoms with Gasteiger partial charge in [-0.05, 0) is 30.5 Å². The van der Waals surface area contributed by atoms with E-state index in [1.165, 1.54) is 0 Å². The van der Waals surface area contributed by atoms with Crippen LogP contribution in [0.4, 0.5) is 0 Å². The van der Waals surface area contributed by atoms with Crippen molar-refractivity contribution in [2.75, 3.05) is 7.11 Å². The molecule has 1 N–H and O–H groups in total. The number of nitrogens with one attached hydrogen (secondary N) is 1. The van der Waals surface area contributed by atoms with Crippen LogP contribution in [0.1, 0.15) is 43.1 Å². The summed E-state index contributed by atoms with van der Waals surface area (Å²) in [6.07, 6.45) is 7.92. The Labute approximate surface area is 136 Å². The number of aryl methyl sites for hydroxylation is 1. The van der Waals surface area contributed by atoms with E-state index in [0.717, 1.165) is 42.8 Å². The SMILES string of the molecule is COc1ccc([C@H](NC(=O)C2CCCC2)c2nccn2C)cc1. The Morgan fingerprint density at radius 3 is 2.57 bits per heavy atom. The highest BCUT2D eigenvalue weighted by atomic mass is 16.5. The van der Waals surface area contributed by atoms with Gasteiger partial charge in [-0.1, -0.05) is 25.0 Å². The summed E-state index contributed by atoms with van der Waals surface area (Å²) < 4.78 is 7.17. The summed E-state index contributed by atoms with van der Waals surface area (Å²) in [6.45, 7) is 0. The van der Waals surface area contributed by atoms with Crippen molar-refractivity contribution in [1.29, 1.82) is 0 Å². The number of rotatable bonds is 5. The minimum Gasteiger partial charge on any atom is -0.497 e. The van der Waals surface area contributed by atoms with Gasteiger partial charge in [0, 0.05) is 25.4 Å². The van der Waals surface area contributed by atoms with E-state index in [9.17, 15) is 4.79 Å². The number of aromatic nitrogens is 2. The van der Waals surface area contributed by atoms with Crippen LogP contribution in [0.15, 0.2) is 36.7 Å². The highest BCUT2D eigenvalue weighted by molar-refractivity contribution is 5.79. The maximum absolute atomic E-state index is 12.6. The van der Waals surface area contributed by atoms with Gasteiger partial charge >= 0.3 is 0 Å². The second kappa shape index (κ2) is 6.86. The fourth-order valence-electron chi connectivity index (χ4n) is 3.20. The molecule has 0 bridgehead atoms. The number of benzene rings is 1. The van der Waals surface area contributed by atoms with E-state index in [1.807, 2.05) is 42.1 Å². The molecule has 0 spiro atoms. The minimum atomic E-state index is -0.242. The highest BCUT2D eigenvalue weighted by Crippen LogP contribution is 2.28. The van der Waals surface area contributed by atoms with Crippen LogP contribution in [0.3, 0.4) is 0 Å². The molecule has 1 saturated carbocycles. The summed E-state index contributed by atoms with van der Waals surface area (Å²) in [5, 5.41) is 3.19. The number of ether oxygens (including phenoxy) is 1. The number of hydrogen-bond acceptors (Lipinski definition) is 3. The number of nitrogens with zero attached hydrogens (tertiary/aromatic N) is 2. The summed E-state index contributed by atoms with van der Waals surface area (Å²) in [5.41, 5.74) is 1.01. The van der Waals surface area contributed by atoms with E-state index in [2.05, 4.69) is 10.3 Å². The zero-order valence-corrected chi connectivity index (χ0v) is 13.7. The number of amides is 1. The molecule has 1 atom stereocenters. The Bertz CT molecular complexity index is 657. The van der Waals surface area contributed by atoms with Crippen LogP contribution < -0.4 is 10.1 Å². The van der Waals surface area contributed by atoms with E-state index in [0.29, 0.717) is 0 Å². The Balaban J connectivity index is 1.86. The van der Waals surface area contributed by atoms with Crippen LogP contribution in [0.25, 0.3) is 0 Å². The number of imidazole rings is 1. The van der Waals surface area contributed by atoms with E-state index < -0.39 is 0 Å². The van der Waals surface area contributed by atoms with Gasteiger partial charge in [0.05, 0.1) is 7.11 Å². The second-order valence-corrected chi connectivity index (χ2v) is 6.09. The van der Waals surface area contributed by atoms with E-state index in [1.54, 1.807) is 13.3 Å². The average molecular weight is 313 g/mol. The Kier molecular flexibility index (Phi) is 4.65. The maximum atomic E-state index is 12.6. The number of carbonyl (C=O) groups is 1. The first kappa shape index (κ1) is 15.6. The standard InChI is InChI=1S/C18H23N3O2/c1-21-12-11-19-17(21)16(13-7-9-15(23-2)10-8-13)20-18(22)14-5-3-4-6-14/h7-12,14,16H,3-6H2,1-2H3,(H,20,22)/t16-/m0/s1. The third-order valence-corrected chi connectivity index (χ3v) is 4.58. The summed E-state index contributed by atoms with van der Waals surface area (Å²) >= 11 is 0. The van der Waals surface area contributed by atoms with Gasteiger partial charge in [-0.2, -0.15) is 0 Å². The third-order valence-electron chi connectivity index (χ3n) is 4.58. The topological polar surface area (TPSA) is 56.1 Å². The van der Waals surface area contributed by atoms with Gasteiger partial charge in [0.2, 0.25) is 5.91 Å². The molecule has 0 aliphatic heterocycles.